The van der Waals surface area contributed by atoms with Crippen molar-refractivity contribution in [3.63, 3.8) is 0 Å². The minimum absolute atomic E-state index is 0.0404. The summed E-state index contributed by atoms with van der Waals surface area (Å²) in [5, 5.41) is 12.9. The van der Waals surface area contributed by atoms with Gasteiger partial charge in [-0.3, -0.25) is 4.79 Å². The van der Waals surface area contributed by atoms with Gasteiger partial charge in [0.25, 0.3) is 0 Å². The van der Waals surface area contributed by atoms with Gasteiger partial charge in [0.1, 0.15) is 11.1 Å². The molecule has 1 aliphatic rings. The number of carbonyl (C=O) groups is 1. The van der Waals surface area contributed by atoms with Crippen LogP contribution >= 0.6 is 11.8 Å². The Kier molecular flexibility index (Phi) is 6.06. The van der Waals surface area contributed by atoms with Crippen LogP contribution in [-0.2, 0) is 4.79 Å². The summed E-state index contributed by atoms with van der Waals surface area (Å²) in [5.74, 6) is 0.581. The second-order valence-corrected chi connectivity index (χ2v) is 7.84. The van der Waals surface area contributed by atoms with E-state index in [1.807, 2.05) is 26.8 Å². The third kappa shape index (κ3) is 4.48. The van der Waals surface area contributed by atoms with Crippen molar-refractivity contribution in [2.75, 3.05) is 0 Å². The number of carbonyl (C=O) groups excluding carboxylic acids is 1. The van der Waals surface area contributed by atoms with Crippen LogP contribution in [0.2, 0.25) is 0 Å². The van der Waals surface area contributed by atoms with Crippen LogP contribution in [0.15, 0.2) is 11.1 Å². The van der Waals surface area contributed by atoms with Gasteiger partial charge in [0.2, 0.25) is 5.91 Å². The molecule has 0 radical (unpaired) electrons. The second kappa shape index (κ2) is 7.83. The Bertz CT molecular complexity index is 623. The van der Waals surface area contributed by atoms with E-state index in [9.17, 15) is 10.1 Å². The van der Waals surface area contributed by atoms with Crippen molar-refractivity contribution in [3.8, 4) is 6.07 Å². The van der Waals surface area contributed by atoms with Gasteiger partial charge in [0.05, 0.1) is 10.8 Å². The molecule has 3 unspecified atom stereocenters. The number of thioether (sulfide) groups is 1. The zero-order valence-corrected chi connectivity index (χ0v) is 15.2. The fraction of sp³-hybridized carbons (Fsp3) is 0.611. The molecule has 1 aromatic heterocycles. The first-order chi connectivity index (χ1) is 10.9. The number of aromatic nitrogens is 1. The SMILES string of the molecule is Cc1cc(C)c(C#N)c(SC(C)C(=O)NC2CCCCC2C)n1. The van der Waals surface area contributed by atoms with Crippen LogP contribution in [0.5, 0.6) is 0 Å². The third-order valence-corrected chi connectivity index (χ3v) is 5.61. The average Bonchev–Trinajstić information content (AvgIpc) is 2.49. The van der Waals surface area contributed by atoms with E-state index in [1.165, 1.54) is 31.0 Å². The van der Waals surface area contributed by atoms with Crippen LogP contribution in [0, 0.1) is 31.1 Å². The Hall–Kier alpha value is -1.54. The largest absolute Gasteiger partial charge is 0.352 e. The quantitative estimate of drug-likeness (QED) is 0.853. The number of nitrogens with one attached hydrogen (secondary N) is 1. The van der Waals surface area contributed by atoms with Gasteiger partial charge in [0, 0.05) is 11.7 Å². The van der Waals surface area contributed by atoms with Crippen molar-refractivity contribution in [1.29, 1.82) is 5.26 Å². The first kappa shape index (κ1) is 17.8. The number of hydrogen-bond acceptors (Lipinski definition) is 4. The second-order valence-electron chi connectivity index (χ2n) is 6.51. The molecule has 0 saturated heterocycles. The zero-order chi connectivity index (χ0) is 17.0. The average molecular weight is 331 g/mol. The Morgan fingerprint density at radius 1 is 1.43 bits per heavy atom. The molecule has 1 saturated carbocycles. The molecule has 1 fully saturated rings. The summed E-state index contributed by atoms with van der Waals surface area (Å²) in [5.41, 5.74) is 2.36. The van der Waals surface area contributed by atoms with Crippen molar-refractivity contribution >= 4 is 17.7 Å². The molecular weight excluding hydrogens is 306 g/mol. The summed E-state index contributed by atoms with van der Waals surface area (Å²) in [6.07, 6.45) is 4.70. The standard InChI is InChI=1S/C18H25N3OS/c1-11-7-5-6-8-16(11)21-17(22)14(4)23-18-15(10-19)12(2)9-13(3)20-18/h9,11,14,16H,5-8H2,1-4H3,(H,21,22). The molecule has 0 aromatic carbocycles. The van der Waals surface area contributed by atoms with Crippen LogP contribution in [0.4, 0.5) is 0 Å². The molecule has 1 heterocycles. The first-order valence-corrected chi connectivity index (χ1v) is 9.15. The van der Waals surface area contributed by atoms with Crippen molar-refractivity contribution in [2.24, 2.45) is 5.92 Å². The smallest absolute Gasteiger partial charge is 0.233 e. The Labute approximate surface area is 143 Å². The normalized spacial score (nSPS) is 22.2. The molecular formula is C18H25N3OS. The van der Waals surface area contributed by atoms with Gasteiger partial charge in [-0.2, -0.15) is 5.26 Å². The van der Waals surface area contributed by atoms with E-state index in [4.69, 9.17) is 0 Å². The molecule has 23 heavy (non-hydrogen) atoms. The maximum Gasteiger partial charge on any atom is 0.233 e. The molecule has 0 spiro atoms. The number of hydrogen-bond donors (Lipinski definition) is 1. The van der Waals surface area contributed by atoms with Gasteiger partial charge in [-0.25, -0.2) is 4.98 Å². The van der Waals surface area contributed by atoms with Crippen LogP contribution < -0.4 is 5.32 Å². The van der Waals surface area contributed by atoms with Gasteiger partial charge in [-0.05, 0) is 51.2 Å². The summed E-state index contributed by atoms with van der Waals surface area (Å²) in [4.78, 5) is 16.9. The Morgan fingerprint density at radius 2 is 2.13 bits per heavy atom. The summed E-state index contributed by atoms with van der Waals surface area (Å²) in [6.45, 7) is 7.91. The Morgan fingerprint density at radius 3 is 2.78 bits per heavy atom. The van der Waals surface area contributed by atoms with Crippen molar-refractivity contribution in [3.05, 3.63) is 22.9 Å². The van der Waals surface area contributed by atoms with Crippen molar-refractivity contribution in [1.82, 2.24) is 10.3 Å². The van der Waals surface area contributed by atoms with E-state index >= 15 is 0 Å². The summed E-state index contributed by atoms with van der Waals surface area (Å²) >= 11 is 1.38. The summed E-state index contributed by atoms with van der Waals surface area (Å²) in [7, 11) is 0. The lowest BCUT2D eigenvalue weighted by atomic mass is 9.86. The maximum atomic E-state index is 12.5. The molecule has 4 nitrogen and oxygen atoms in total. The molecule has 1 aliphatic carbocycles. The highest BCUT2D eigenvalue weighted by molar-refractivity contribution is 8.00. The lowest BCUT2D eigenvalue weighted by molar-refractivity contribution is -0.121. The van der Waals surface area contributed by atoms with Crippen LogP contribution in [0.1, 0.15) is 56.4 Å². The molecule has 5 heteroatoms. The van der Waals surface area contributed by atoms with Crippen LogP contribution in [0.3, 0.4) is 0 Å². The van der Waals surface area contributed by atoms with Crippen LogP contribution in [-0.4, -0.2) is 22.2 Å². The zero-order valence-electron chi connectivity index (χ0n) is 14.3. The monoisotopic (exact) mass is 331 g/mol. The fourth-order valence-corrected chi connectivity index (χ4v) is 4.11. The Balaban J connectivity index is 2.05. The summed E-state index contributed by atoms with van der Waals surface area (Å²) in [6, 6.07) is 4.39. The highest BCUT2D eigenvalue weighted by Gasteiger charge is 2.26. The van der Waals surface area contributed by atoms with Gasteiger partial charge in [0.15, 0.2) is 0 Å². The first-order valence-electron chi connectivity index (χ1n) is 8.27. The fourth-order valence-electron chi connectivity index (χ4n) is 3.08. The number of pyridine rings is 1. The van der Waals surface area contributed by atoms with Crippen molar-refractivity contribution < 1.29 is 4.79 Å². The van der Waals surface area contributed by atoms with Gasteiger partial charge in [-0.15, -0.1) is 0 Å². The molecule has 0 bridgehead atoms. The number of rotatable bonds is 4. The van der Waals surface area contributed by atoms with Gasteiger partial charge in [-0.1, -0.05) is 31.5 Å². The van der Waals surface area contributed by atoms with E-state index in [0.717, 1.165) is 17.7 Å². The lowest BCUT2D eigenvalue weighted by Gasteiger charge is -2.30. The predicted molar refractivity (Wildman–Crippen MR) is 93.3 cm³/mol. The van der Waals surface area contributed by atoms with E-state index in [-0.39, 0.29) is 17.2 Å². The minimum atomic E-state index is -0.259. The molecule has 1 aromatic rings. The molecule has 2 rings (SSSR count). The molecule has 3 atom stereocenters. The third-order valence-electron chi connectivity index (χ3n) is 4.52. The molecule has 124 valence electrons. The minimum Gasteiger partial charge on any atom is -0.352 e. The topological polar surface area (TPSA) is 65.8 Å². The highest BCUT2D eigenvalue weighted by atomic mass is 32.2. The number of nitriles is 1. The van der Waals surface area contributed by atoms with Gasteiger partial charge < -0.3 is 5.32 Å². The van der Waals surface area contributed by atoms with Crippen molar-refractivity contribution in [2.45, 2.75) is 69.7 Å². The number of amides is 1. The predicted octanol–water partition coefficient (Wildman–Crippen LogP) is 3.75. The van der Waals surface area contributed by atoms with E-state index in [2.05, 4.69) is 23.3 Å². The highest BCUT2D eigenvalue weighted by Crippen LogP contribution is 2.28. The lowest BCUT2D eigenvalue weighted by Crippen LogP contribution is -2.44. The van der Waals surface area contributed by atoms with Crippen LogP contribution in [0.25, 0.3) is 0 Å². The maximum absolute atomic E-state index is 12.5. The van der Waals surface area contributed by atoms with Gasteiger partial charge >= 0.3 is 0 Å². The molecule has 1 amide bonds. The number of nitrogens with zero attached hydrogens (tertiary/aromatic N) is 2. The van der Waals surface area contributed by atoms with E-state index in [1.54, 1.807) is 0 Å². The van der Waals surface area contributed by atoms with E-state index < -0.39 is 0 Å². The van der Waals surface area contributed by atoms with E-state index in [0.29, 0.717) is 16.5 Å². The molecule has 1 N–H and O–H groups in total. The summed E-state index contributed by atoms with van der Waals surface area (Å²) < 4.78 is 0. The molecule has 0 aliphatic heterocycles. The number of aryl methyl sites for hydroxylation is 2.